The first-order valence-corrected chi connectivity index (χ1v) is 5.71. The van der Waals surface area contributed by atoms with Crippen LogP contribution < -0.4 is 5.32 Å². The predicted molar refractivity (Wildman–Crippen MR) is 60.1 cm³/mol. The largest absolute Gasteiger partial charge is 0.376 e. The van der Waals surface area contributed by atoms with Crippen LogP contribution in [0.2, 0.25) is 0 Å². The molecule has 2 heterocycles. The SMILES string of the molecule is CC(NC(=O)c1ccnc(F)c1)C1CCCO1. The molecule has 2 rings (SSSR count). The Bertz CT molecular complexity index is 405. The van der Waals surface area contributed by atoms with Crippen molar-refractivity contribution >= 4 is 5.91 Å². The molecule has 0 spiro atoms. The van der Waals surface area contributed by atoms with Crippen molar-refractivity contribution in [1.82, 2.24) is 10.3 Å². The average molecular weight is 238 g/mol. The molecule has 1 aromatic rings. The number of carbonyl (C=O) groups excluding carboxylic acids is 1. The summed E-state index contributed by atoms with van der Waals surface area (Å²) in [5.74, 6) is -0.947. The molecule has 1 fully saturated rings. The third kappa shape index (κ3) is 3.00. The van der Waals surface area contributed by atoms with E-state index in [1.165, 1.54) is 12.3 Å². The number of amides is 1. The van der Waals surface area contributed by atoms with Crippen LogP contribution in [-0.4, -0.2) is 29.6 Å². The maximum Gasteiger partial charge on any atom is 0.251 e. The fourth-order valence-electron chi connectivity index (χ4n) is 1.92. The summed E-state index contributed by atoms with van der Waals surface area (Å²) in [7, 11) is 0. The van der Waals surface area contributed by atoms with Crippen molar-refractivity contribution in [1.29, 1.82) is 0 Å². The number of ether oxygens (including phenoxy) is 1. The van der Waals surface area contributed by atoms with Gasteiger partial charge in [0, 0.05) is 24.4 Å². The first kappa shape index (κ1) is 12.0. The second kappa shape index (κ2) is 5.23. The van der Waals surface area contributed by atoms with Gasteiger partial charge in [-0.15, -0.1) is 0 Å². The summed E-state index contributed by atoms with van der Waals surface area (Å²) >= 11 is 0. The minimum atomic E-state index is -0.651. The first-order chi connectivity index (χ1) is 8.16. The molecule has 1 N–H and O–H groups in total. The minimum absolute atomic E-state index is 0.0608. The number of halogens is 1. The van der Waals surface area contributed by atoms with Gasteiger partial charge < -0.3 is 10.1 Å². The van der Waals surface area contributed by atoms with Gasteiger partial charge in [-0.3, -0.25) is 4.79 Å². The Balaban J connectivity index is 1.96. The van der Waals surface area contributed by atoms with Crippen LogP contribution in [0.15, 0.2) is 18.3 Å². The van der Waals surface area contributed by atoms with E-state index in [0.717, 1.165) is 25.5 Å². The van der Waals surface area contributed by atoms with Gasteiger partial charge in [-0.2, -0.15) is 4.39 Å². The lowest BCUT2D eigenvalue weighted by Gasteiger charge is -2.19. The van der Waals surface area contributed by atoms with Crippen LogP contribution in [0.4, 0.5) is 4.39 Å². The summed E-state index contributed by atoms with van der Waals surface area (Å²) in [6, 6.07) is 2.54. The van der Waals surface area contributed by atoms with Gasteiger partial charge in [0.25, 0.3) is 5.91 Å². The van der Waals surface area contributed by atoms with Crippen LogP contribution in [-0.2, 0) is 4.74 Å². The number of nitrogens with zero attached hydrogens (tertiary/aromatic N) is 1. The monoisotopic (exact) mass is 238 g/mol. The molecule has 0 radical (unpaired) electrons. The Hall–Kier alpha value is -1.49. The molecule has 0 aromatic carbocycles. The number of nitrogens with one attached hydrogen (secondary N) is 1. The second-order valence-corrected chi connectivity index (χ2v) is 4.18. The highest BCUT2D eigenvalue weighted by molar-refractivity contribution is 5.94. The molecule has 1 saturated heterocycles. The van der Waals surface area contributed by atoms with Crippen molar-refractivity contribution < 1.29 is 13.9 Å². The van der Waals surface area contributed by atoms with Crippen molar-refractivity contribution in [3.05, 3.63) is 29.8 Å². The molecular weight excluding hydrogens is 223 g/mol. The Labute approximate surface area is 99.2 Å². The van der Waals surface area contributed by atoms with Crippen molar-refractivity contribution in [2.45, 2.75) is 31.9 Å². The molecule has 1 aromatic heterocycles. The highest BCUT2D eigenvalue weighted by atomic mass is 19.1. The number of carbonyl (C=O) groups is 1. The lowest BCUT2D eigenvalue weighted by atomic mass is 10.1. The van der Waals surface area contributed by atoms with E-state index >= 15 is 0 Å². The molecule has 0 bridgehead atoms. The molecule has 1 amide bonds. The van der Waals surface area contributed by atoms with Crippen molar-refractivity contribution in [3.63, 3.8) is 0 Å². The summed E-state index contributed by atoms with van der Waals surface area (Å²) in [6.07, 6.45) is 3.31. The third-order valence-electron chi connectivity index (χ3n) is 2.87. The van der Waals surface area contributed by atoms with Gasteiger partial charge in [0.2, 0.25) is 5.95 Å². The molecule has 1 aliphatic heterocycles. The predicted octanol–water partition coefficient (Wildman–Crippen LogP) is 1.52. The Kier molecular flexibility index (Phi) is 3.68. The van der Waals surface area contributed by atoms with Crippen molar-refractivity contribution in [2.75, 3.05) is 6.61 Å². The van der Waals surface area contributed by atoms with Gasteiger partial charge in [0.05, 0.1) is 12.1 Å². The summed E-state index contributed by atoms with van der Waals surface area (Å²) in [6.45, 7) is 2.64. The molecule has 0 aliphatic carbocycles. The van der Waals surface area contributed by atoms with Crippen LogP contribution in [0.1, 0.15) is 30.1 Å². The summed E-state index contributed by atoms with van der Waals surface area (Å²) in [5.41, 5.74) is 0.280. The molecule has 2 atom stereocenters. The zero-order valence-corrected chi connectivity index (χ0v) is 9.65. The van der Waals surface area contributed by atoms with Gasteiger partial charge in [-0.25, -0.2) is 4.98 Å². The number of rotatable bonds is 3. The lowest BCUT2D eigenvalue weighted by molar-refractivity contribution is 0.0712. The molecule has 2 unspecified atom stereocenters. The molecular formula is C12H15FN2O2. The fourth-order valence-corrected chi connectivity index (χ4v) is 1.92. The zero-order valence-electron chi connectivity index (χ0n) is 9.65. The van der Waals surface area contributed by atoms with E-state index in [0.29, 0.717) is 0 Å². The van der Waals surface area contributed by atoms with E-state index in [1.54, 1.807) is 0 Å². The van der Waals surface area contributed by atoms with E-state index in [9.17, 15) is 9.18 Å². The number of hydrogen-bond donors (Lipinski definition) is 1. The highest BCUT2D eigenvalue weighted by Crippen LogP contribution is 2.15. The highest BCUT2D eigenvalue weighted by Gasteiger charge is 2.23. The average Bonchev–Trinajstić information content (AvgIpc) is 2.82. The smallest absolute Gasteiger partial charge is 0.251 e. The first-order valence-electron chi connectivity index (χ1n) is 5.71. The standard InChI is InChI=1S/C12H15FN2O2/c1-8(10-3-2-6-17-10)15-12(16)9-4-5-14-11(13)7-9/h4-5,7-8,10H,2-3,6H2,1H3,(H,15,16). The quantitative estimate of drug-likeness (QED) is 0.812. The second-order valence-electron chi connectivity index (χ2n) is 4.18. The Morgan fingerprint density at radius 2 is 2.53 bits per heavy atom. The van der Waals surface area contributed by atoms with Crippen LogP contribution in [0, 0.1) is 5.95 Å². The molecule has 17 heavy (non-hydrogen) atoms. The third-order valence-corrected chi connectivity index (χ3v) is 2.87. The molecule has 4 nitrogen and oxygen atoms in total. The fraction of sp³-hybridized carbons (Fsp3) is 0.500. The number of aromatic nitrogens is 1. The Morgan fingerprint density at radius 1 is 1.71 bits per heavy atom. The van der Waals surface area contributed by atoms with Crippen LogP contribution >= 0.6 is 0 Å². The van der Waals surface area contributed by atoms with E-state index in [-0.39, 0.29) is 23.6 Å². The minimum Gasteiger partial charge on any atom is -0.376 e. The summed E-state index contributed by atoms with van der Waals surface area (Å²) < 4.78 is 18.3. The number of hydrogen-bond acceptors (Lipinski definition) is 3. The lowest BCUT2D eigenvalue weighted by Crippen LogP contribution is -2.40. The summed E-state index contributed by atoms with van der Waals surface area (Å²) in [4.78, 5) is 15.2. The molecule has 5 heteroatoms. The van der Waals surface area contributed by atoms with Crippen molar-refractivity contribution in [3.8, 4) is 0 Å². The van der Waals surface area contributed by atoms with E-state index in [2.05, 4.69) is 10.3 Å². The molecule has 92 valence electrons. The van der Waals surface area contributed by atoms with E-state index in [4.69, 9.17) is 4.74 Å². The van der Waals surface area contributed by atoms with Gasteiger partial charge in [-0.05, 0) is 25.8 Å². The maximum atomic E-state index is 12.9. The zero-order chi connectivity index (χ0) is 12.3. The van der Waals surface area contributed by atoms with Crippen LogP contribution in [0.25, 0.3) is 0 Å². The van der Waals surface area contributed by atoms with E-state index < -0.39 is 5.95 Å². The Morgan fingerprint density at radius 3 is 3.18 bits per heavy atom. The summed E-state index contributed by atoms with van der Waals surface area (Å²) in [5, 5.41) is 2.81. The van der Waals surface area contributed by atoms with Gasteiger partial charge in [-0.1, -0.05) is 0 Å². The van der Waals surface area contributed by atoms with Crippen LogP contribution in [0.5, 0.6) is 0 Å². The molecule has 0 saturated carbocycles. The van der Waals surface area contributed by atoms with Gasteiger partial charge in [0.1, 0.15) is 0 Å². The van der Waals surface area contributed by atoms with Crippen molar-refractivity contribution in [2.24, 2.45) is 0 Å². The normalized spacial score (nSPS) is 21.2. The van der Waals surface area contributed by atoms with Gasteiger partial charge in [0.15, 0.2) is 0 Å². The van der Waals surface area contributed by atoms with E-state index in [1.807, 2.05) is 6.92 Å². The maximum absolute atomic E-state index is 12.9. The molecule has 1 aliphatic rings. The van der Waals surface area contributed by atoms with Gasteiger partial charge >= 0.3 is 0 Å². The topological polar surface area (TPSA) is 51.2 Å². The van der Waals surface area contributed by atoms with Crippen LogP contribution in [0.3, 0.4) is 0 Å². The number of pyridine rings is 1.